The largest absolute Gasteiger partial charge is 0.411 e. The normalized spacial score (nSPS) is 13.0. The summed E-state index contributed by atoms with van der Waals surface area (Å²) in [6.07, 6.45) is 1.19. The summed E-state index contributed by atoms with van der Waals surface area (Å²) < 4.78 is 0. The Bertz CT molecular complexity index is 173. The maximum Gasteiger partial charge on any atom is 0.114 e. The molecule has 0 saturated heterocycles. The lowest BCUT2D eigenvalue weighted by Gasteiger charge is -1.93. The second kappa shape index (κ2) is 4.55. The zero-order chi connectivity index (χ0) is 7.98. The topological polar surface area (TPSA) is 54.2 Å². The Morgan fingerprint density at radius 2 is 2.10 bits per heavy atom. The lowest BCUT2D eigenvalue weighted by molar-refractivity contribution is 0.270. The second-order valence-corrected chi connectivity index (χ2v) is 1.63. The highest BCUT2D eigenvalue weighted by atomic mass is 16.6. The Morgan fingerprint density at radius 1 is 1.50 bits per heavy atom. The van der Waals surface area contributed by atoms with Crippen LogP contribution in [0, 0.1) is 0 Å². The summed E-state index contributed by atoms with van der Waals surface area (Å²) in [7, 11) is 0. The summed E-state index contributed by atoms with van der Waals surface area (Å²) in [5.74, 6) is 0. The van der Waals surface area contributed by atoms with E-state index in [2.05, 4.69) is 21.7 Å². The molecular formula is C6H10N2O2. The lowest BCUT2D eigenvalue weighted by atomic mass is 10.3. The van der Waals surface area contributed by atoms with Crippen LogP contribution < -0.4 is 0 Å². The number of nitrogens with zero attached hydrogens (tertiary/aromatic N) is 2. The fourth-order valence-corrected chi connectivity index (χ4v) is 0.255. The van der Waals surface area contributed by atoms with Crippen molar-refractivity contribution in [1.29, 1.82) is 0 Å². The van der Waals surface area contributed by atoms with Crippen molar-refractivity contribution in [1.82, 2.24) is 0 Å². The zero-order valence-electron chi connectivity index (χ0n) is 6.03. The summed E-state index contributed by atoms with van der Waals surface area (Å²) >= 11 is 0. The molecule has 56 valence electrons. The van der Waals surface area contributed by atoms with Crippen molar-refractivity contribution in [3.63, 3.8) is 0 Å². The number of rotatable bonds is 3. The van der Waals surface area contributed by atoms with Gasteiger partial charge in [0.1, 0.15) is 17.7 Å². The van der Waals surface area contributed by atoms with Crippen LogP contribution in [0.1, 0.15) is 13.8 Å². The summed E-state index contributed by atoms with van der Waals surface area (Å²) in [4.78, 5) is 4.48. The smallest absolute Gasteiger partial charge is 0.114 e. The van der Waals surface area contributed by atoms with Crippen molar-refractivity contribution < 1.29 is 10.0 Å². The number of oxime groups is 2. The van der Waals surface area contributed by atoms with Crippen molar-refractivity contribution in [2.24, 2.45) is 10.3 Å². The van der Waals surface area contributed by atoms with E-state index in [1.807, 2.05) is 0 Å². The van der Waals surface area contributed by atoms with Crippen LogP contribution in [0.5, 0.6) is 0 Å². The van der Waals surface area contributed by atoms with E-state index in [-0.39, 0.29) is 0 Å². The minimum Gasteiger partial charge on any atom is -0.411 e. The molecule has 4 heteroatoms. The van der Waals surface area contributed by atoms with Gasteiger partial charge in [-0.05, 0) is 13.8 Å². The molecule has 0 radical (unpaired) electrons. The van der Waals surface area contributed by atoms with Gasteiger partial charge in [-0.1, -0.05) is 16.9 Å². The summed E-state index contributed by atoms with van der Waals surface area (Å²) in [5.41, 5.74) is 0.934. The SMILES string of the molecule is C=CON=C(C)C(C)=NO. The predicted octanol–water partition coefficient (Wildman–Crippen LogP) is 1.37. The van der Waals surface area contributed by atoms with Gasteiger partial charge in [-0.2, -0.15) is 0 Å². The van der Waals surface area contributed by atoms with Crippen LogP contribution in [0.25, 0.3) is 0 Å². The molecule has 0 aliphatic carbocycles. The highest BCUT2D eigenvalue weighted by molar-refractivity contribution is 6.40. The molecule has 0 fully saturated rings. The third-order valence-electron chi connectivity index (χ3n) is 0.938. The fourth-order valence-electron chi connectivity index (χ4n) is 0.255. The van der Waals surface area contributed by atoms with Gasteiger partial charge >= 0.3 is 0 Å². The van der Waals surface area contributed by atoms with E-state index in [0.717, 1.165) is 0 Å². The van der Waals surface area contributed by atoms with E-state index in [9.17, 15) is 0 Å². The average Bonchev–Trinajstić information content (AvgIpc) is 1.98. The molecule has 0 aromatic rings. The Hall–Kier alpha value is -1.32. The van der Waals surface area contributed by atoms with E-state index in [1.54, 1.807) is 13.8 Å². The third-order valence-corrected chi connectivity index (χ3v) is 0.938. The quantitative estimate of drug-likeness (QED) is 0.280. The van der Waals surface area contributed by atoms with Gasteiger partial charge in [0.2, 0.25) is 0 Å². The Balaban J connectivity index is 4.05. The van der Waals surface area contributed by atoms with Crippen molar-refractivity contribution in [2.75, 3.05) is 0 Å². The first-order valence-corrected chi connectivity index (χ1v) is 2.72. The van der Waals surface area contributed by atoms with Crippen LogP contribution in [-0.2, 0) is 4.84 Å². The van der Waals surface area contributed by atoms with Gasteiger partial charge in [0.05, 0.1) is 0 Å². The Kier molecular flexibility index (Phi) is 3.95. The standard InChI is InChI=1S/C6H10N2O2/c1-4-10-8-6(3)5(2)7-9/h4,9H,1H2,2-3H3. The van der Waals surface area contributed by atoms with Crippen LogP contribution in [0.2, 0.25) is 0 Å². The first kappa shape index (κ1) is 8.68. The highest BCUT2D eigenvalue weighted by Crippen LogP contribution is 1.84. The Labute approximate surface area is 59.5 Å². The lowest BCUT2D eigenvalue weighted by Crippen LogP contribution is -2.05. The first-order chi connectivity index (χ1) is 4.72. The zero-order valence-corrected chi connectivity index (χ0v) is 6.03. The van der Waals surface area contributed by atoms with Gasteiger partial charge < -0.3 is 10.0 Å². The monoisotopic (exact) mass is 142 g/mol. The number of hydrogen-bond donors (Lipinski definition) is 1. The van der Waals surface area contributed by atoms with Crippen LogP contribution in [0.3, 0.4) is 0 Å². The predicted molar refractivity (Wildman–Crippen MR) is 39.3 cm³/mol. The van der Waals surface area contributed by atoms with Crippen LogP contribution >= 0.6 is 0 Å². The minimum atomic E-state index is 0.418. The van der Waals surface area contributed by atoms with Crippen LogP contribution in [0.4, 0.5) is 0 Å². The molecule has 0 rings (SSSR count). The van der Waals surface area contributed by atoms with E-state index in [4.69, 9.17) is 5.21 Å². The molecule has 10 heavy (non-hydrogen) atoms. The van der Waals surface area contributed by atoms with E-state index in [1.165, 1.54) is 6.26 Å². The molecule has 0 unspecified atom stereocenters. The minimum absolute atomic E-state index is 0.418. The van der Waals surface area contributed by atoms with Gasteiger partial charge in [0.25, 0.3) is 0 Å². The van der Waals surface area contributed by atoms with Gasteiger partial charge in [0, 0.05) is 0 Å². The van der Waals surface area contributed by atoms with Gasteiger partial charge in [-0.3, -0.25) is 0 Å². The van der Waals surface area contributed by atoms with Crippen molar-refractivity contribution >= 4 is 11.4 Å². The molecule has 0 amide bonds. The van der Waals surface area contributed by atoms with E-state index >= 15 is 0 Å². The second-order valence-electron chi connectivity index (χ2n) is 1.63. The molecule has 0 saturated carbocycles. The molecule has 1 N–H and O–H groups in total. The molecule has 0 heterocycles. The summed E-state index contributed by atoms with van der Waals surface area (Å²) in [6, 6.07) is 0. The molecule has 0 spiro atoms. The molecular weight excluding hydrogens is 132 g/mol. The van der Waals surface area contributed by atoms with Crippen molar-refractivity contribution in [3.8, 4) is 0 Å². The van der Waals surface area contributed by atoms with Gasteiger partial charge in [-0.25, -0.2) is 0 Å². The van der Waals surface area contributed by atoms with Crippen LogP contribution in [-0.4, -0.2) is 16.6 Å². The highest BCUT2D eigenvalue weighted by Gasteiger charge is 1.95. The molecule has 0 aliphatic heterocycles. The maximum atomic E-state index is 8.23. The molecule has 4 nitrogen and oxygen atoms in total. The molecule has 0 bridgehead atoms. The summed E-state index contributed by atoms with van der Waals surface area (Å²) in [6.45, 7) is 6.57. The van der Waals surface area contributed by atoms with Crippen molar-refractivity contribution in [3.05, 3.63) is 12.8 Å². The maximum absolute atomic E-state index is 8.23. The van der Waals surface area contributed by atoms with E-state index in [0.29, 0.717) is 11.4 Å². The van der Waals surface area contributed by atoms with E-state index < -0.39 is 0 Å². The fraction of sp³-hybridized carbons (Fsp3) is 0.333. The van der Waals surface area contributed by atoms with Gasteiger partial charge in [0.15, 0.2) is 0 Å². The average molecular weight is 142 g/mol. The first-order valence-electron chi connectivity index (χ1n) is 2.72. The van der Waals surface area contributed by atoms with Gasteiger partial charge in [-0.15, -0.1) is 0 Å². The van der Waals surface area contributed by atoms with Crippen LogP contribution in [0.15, 0.2) is 23.2 Å². The number of hydrogen-bond acceptors (Lipinski definition) is 4. The molecule has 0 aromatic heterocycles. The van der Waals surface area contributed by atoms with Crippen molar-refractivity contribution in [2.45, 2.75) is 13.8 Å². The molecule has 0 aromatic carbocycles. The Morgan fingerprint density at radius 3 is 2.50 bits per heavy atom. The summed E-state index contributed by atoms with van der Waals surface area (Å²) in [5, 5.41) is 14.7. The third kappa shape index (κ3) is 2.86. The molecule has 0 atom stereocenters. The molecule has 0 aliphatic rings.